The second-order valence-corrected chi connectivity index (χ2v) is 4.81. The van der Waals surface area contributed by atoms with Crippen molar-refractivity contribution in [2.45, 2.75) is 32.7 Å². The lowest BCUT2D eigenvalue weighted by molar-refractivity contribution is -0.118. The predicted octanol–water partition coefficient (Wildman–Crippen LogP) is 2.84. The summed E-state index contributed by atoms with van der Waals surface area (Å²) in [6, 6.07) is 6.32. The average molecular weight is 249 g/mol. The topological polar surface area (TPSA) is 29.5 Å². The highest BCUT2D eigenvalue weighted by Crippen LogP contribution is 2.28. The van der Waals surface area contributed by atoms with Crippen LogP contribution in [-0.4, -0.2) is 31.9 Å². The summed E-state index contributed by atoms with van der Waals surface area (Å²) in [7, 11) is 5.69. The molecule has 1 aromatic carbocycles. The number of carbonyl (C=O) groups is 1. The van der Waals surface area contributed by atoms with E-state index in [1.807, 2.05) is 26.2 Å². The van der Waals surface area contributed by atoms with Gasteiger partial charge in [0.15, 0.2) is 0 Å². The van der Waals surface area contributed by atoms with Crippen molar-refractivity contribution in [3.63, 3.8) is 0 Å². The highest BCUT2D eigenvalue weighted by atomic mass is 16.5. The molecule has 0 bridgehead atoms. The van der Waals surface area contributed by atoms with Gasteiger partial charge < -0.3 is 9.64 Å². The van der Waals surface area contributed by atoms with Gasteiger partial charge in [0.1, 0.15) is 11.5 Å². The van der Waals surface area contributed by atoms with E-state index in [0.29, 0.717) is 6.42 Å². The first-order valence-corrected chi connectivity index (χ1v) is 6.32. The van der Waals surface area contributed by atoms with Gasteiger partial charge in [-0.15, -0.1) is 0 Å². The zero-order valence-electron chi connectivity index (χ0n) is 12.0. The summed E-state index contributed by atoms with van der Waals surface area (Å²) in [5.41, 5.74) is 2.36. The monoisotopic (exact) mass is 249 g/mol. The smallest absolute Gasteiger partial charge is 0.131 e. The van der Waals surface area contributed by atoms with E-state index in [1.54, 1.807) is 14.0 Å². The van der Waals surface area contributed by atoms with E-state index in [2.05, 4.69) is 17.9 Å². The number of ketones is 1. The highest BCUT2D eigenvalue weighted by Gasteiger charge is 2.17. The number of benzene rings is 1. The summed E-state index contributed by atoms with van der Waals surface area (Å²) in [5, 5.41) is 0. The molecule has 100 valence electrons. The van der Waals surface area contributed by atoms with E-state index < -0.39 is 0 Å². The molecule has 0 N–H and O–H groups in total. The van der Waals surface area contributed by atoms with Crippen LogP contribution in [0, 0.1) is 0 Å². The van der Waals surface area contributed by atoms with Crippen molar-refractivity contribution in [1.29, 1.82) is 0 Å². The Labute approximate surface area is 110 Å². The van der Waals surface area contributed by atoms with E-state index in [4.69, 9.17) is 4.74 Å². The second kappa shape index (κ2) is 6.55. The fourth-order valence-electron chi connectivity index (χ4n) is 2.15. The van der Waals surface area contributed by atoms with Crippen molar-refractivity contribution in [3.8, 4) is 5.75 Å². The maximum Gasteiger partial charge on any atom is 0.131 e. The summed E-state index contributed by atoms with van der Waals surface area (Å²) in [6.45, 7) is 3.75. The summed E-state index contributed by atoms with van der Waals surface area (Å²) in [5.74, 6) is 1.13. The molecule has 0 fully saturated rings. The Kier molecular flexibility index (Phi) is 5.35. The molecule has 18 heavy (non-hydrogen) atoms. The van der Waals surface area contributed by atoms with Gasteiger partial charge in [0.25, 0.3) is 0 Å². The molecule has 0 radical (unpaired) electrons. The van der Waals surface area contributed by atoms with Crippen molar-refractivity contribution < 1.29 is 9.53 Å². The van der Waals surface area contributed by atoms with Crippen LogP contribution in [0.3, 0.4) is 0 Å². The molecule has 0 aliphatic heterocycles. The first-order valence-electron chi connectivity index (χ1n) is 6.32. The largest absolute Gasteiger partial charge is 0.496 e. The van der Waals surface area contributed by atoms with Crippen molar-refractivity contribution in [1.82, 2.24) is 4.90 Å². The third kappa shape index (κ3) is 3.57. The number of hydrogen-bond donors (Lipinski definition) is 0. The van der Waals surface area contributed by atoms with Crippen LogP contribution in [0.5, 0.6) is 5.75 Å². The van der Waals surface area contributed by atoms with Gasteiger partial charge in [0.05, 0.1) is 7.11 Å². The van der Waals surface area contributed by atoms with Crippen LogP contribution in [0.25, 0.3) is 0 Å². The van der Waals surface area contributed by atoms with E-state index >= 15 is 0 Å². The molecule has 0 spiro atoms. The second-order valence-electron chi connectivity index (χ2n) is 4.81. The van der Waals surface area contributed by atoms with E-state index in [9.17, 15) is 4.79 Å². The first kappa shape index (κ1) is 14.7. The number of carbonyl (C=O) groups excluding carboxylic acids is 1. The van der Waals surface area contributed by atoms with E-state index in [0.717, 1.165) is 12.2 Å². The fourth-order valence-corrected chi connectivity index (χ4v) is 2.15. The molecule has 3 nitrogen and oxygen atoms in total. The Balaban J connectivity index is 3.09. The normalized spacial score (nSPS) is 12.6. The van der Waals surface area contributed by atoms with Crippen LogP contribution in [0.15, 0.2) is 18.2 Å². The zero-order valence-corrected chi connectivity index (χ0v) is 12.0. The summed E-state index contributed by atoms with van der Waals surface area (Å²) in [4.78, 5) is 13.4. The predicted molar refractivity (Wildman–Crippen MR) is 74.1 cm³/mol. The number of rotatable bonds is 6. The van der Waals surface area contributed by atoms with Crippen LogP contribution in [0.2, 0.25) is 0 Å². The maximum absolute atomic E-state index is 11.4. The number of hydrogen-bond acceptors (Lipinski definition) is 3. The molecule has 1 atom stereocenters. The SMILES string of the molecule is CCc1cc(C(CC(C)=O)N(C)C)ccc1OC. The lowest BCUT2D eigenvalue weighted by atomic mass is 9.97. The molecule has 0 heterocycles. The standard InChI is InChI=1S/C15H23NO2/c1-6-12-10-13(7-8-15(12)18-5)14(16(3)4)9-11(2)17/h7-8,10,14H,6,9H2,1-5H3. The van der Waals surface area contributed by atoms with Crippen LogP contribution in [-0.2, 0) is 11.2 Å². The van der Waals surface area contributed by atoms with Crippen molar-refractivity contribution >= 4 is 5.78 Å². The van der Waals surface area contributed by atoms with Crippen molar-refractivity contribution in [2.75, 3.05) is 21.2 Å². The molecular weight excluding hydrogens is 226 g/mol. The summed E-state index contributed by atoms with van der Waals surface area (Å²) >= 11 is 0. The number of aryl methyl sites for hydroxylation is 1. The Bertz CT molecular complexity index is 413. The molecule has 0 amide bonds. The first-order chi connectivity index (χ1) is 8.49. The molecule has 1 aromatic rings. The zero-order chi connectivity index (χ0) is 13.7. The minimum absolute atomic E-state index is 0.138. The van der Waals surface area contributed by atoms with E-state index in [1.165, 1.54) is 11.1 Å². The van der Waals surface area contributed by atoms with Gasteiger partial charge >= 0.3 is 0 Å². The molecule has 0 aliphatic rings. The number of Topliss-reactive ketones (excluding diaryl/α,β-unsaturated/α-hetero) is 1. The summed E-state index contributed by atoms with van der Waals surface area (Å²) < 4.78 is 5.33. The van der Waals surface area contributed by atoms with Gasteiger partial charge in [-0.3, -0.25) is 4.79 Å². The third-order valence-electron chi connectivity index (χ3n) is 3.17. The molecule has 0 saturated carbocycles. The Hall–Kier alpha value is -1.35. The fraction of sp³-hybridized carbons (Fsp3) is 0.533. The molecule has 1 rings (SSSR count). The Morgan fingerprint density at radius 1 is 1.39 bits per heavy atom. The lowest BCUT2D eigenvalue weighted by Crippen LogP contribution is -2.22. The quantitative estimate of drug-likeness (QED) is 0.776. The van der Waals surface area contributed by atoms with Crippen molar-refractivity contribution in [2.24, 2.45) is 0 Å². The van der Waals surface area contributed by atoms with E-state index in [-0.39, 0.29) is 11.8 Å². The lowest BCUT2D eigenvalue weighted by Gasteiger charge is -2.24. The Morgan fingerprint density at radius 3 is 2.50 bits per heavy atom. The van der Waals surface area contributed by atoms with Gasteiger partial charge in [-0.25, -0.2) is 0 Å². The van der Waals surface area contributed by atoms with Gasteiger partial charge in [-0.05, 0) is 44.6 Å². The molecule has 1 unspecified atom stereocenters. The van der Waals surface area contributed by atoms with Crippen LogP contribution < -0.4 is 4.74 Å². The van der Waals surface area contributed by atoms with Gasteiger partial charge in [0.2, 0.25) is 0 Å². The van der Waals surface area contributed by atoms with Gasteiger partial charge in [-0.2, -0.15) is 0 Å². The van der Waals surface area contributed by atoms with Crippen molar-refractivity contribution in [3.05, 3.63) is 29.3 Å². The summed E-state index contributed by atoms with van der Waals surface area (Å²) in [6.07, 6.45) is 1.47. The molecule has 0 aliphatic carbocycles. The van der Waals surface area contributed by atoms with Gasteiger partial charge in [0, 0.05) is 12.5 Å². The Morgan fingerprint density at radius 2 is 2.06 bits per heavy atom. The molecular formula is C15H23NO2. The molecule has 0 aromatic heterocycles. The van der Waals surface area contributed by atoms with Crippen LogP contribution in [0.1, 0.15) is 37.4 Å². The number of ether oxygens (including phenoxy) is 1. The minimum Gasteiger partial charge on any atom is -0.496 e. The van der Waals surface area contributed by atoms with Crippen LogP contribution in [0.4, 0.5) is 0 Å². The van der Waals surface area contributed by atoms with Crippen LogP contribution >= 0.6 is 0 Å². The molecule has 0 saturated heterocycles. The molecule has 3 heteroatoms. The average Bonchev–Trinajstić information content (AvgIpc) is 2.34. The highest BCUT2D eigenvalue weighted by molar-refractivity contribution is 5.76. The number of methoxy groups -OCH3 is 1. The van der Waals surface area contributed by atoms with Gasteiger partial charge in [-0.1, -0.05) is 19.1 Å². The maximum atomic E-state index is 11.4. The minimum atomic E-state index is 0.138. The third-order valence-corrected chi connectivity index (χ3v) is 3.17. The number of nitrogens with zero attached hydrogens (tertiary/aromatic N) is 1.